The maximum Gasteiger partial charge on any atom is 0.233 e. The zero-order valence-electron chi connectivity index (χ0n) is 15.7. The molecule has 1 aliphatic heterocycles. The highest BCUT2D eigenvalue weighted by atomic mass is 16.3. The molecule has 7 nitrogen and oxygen atoms in total. The molecule has 7 heteroatoms. The van der Waals surface area contributed by atoms with Crippen LogP contribution in [0.25, 0.3) is 22.4 Å². The Morgan fingerprint density at radius 1 is 1.11 bits per heavy atom. The monoisotopic (exact) mass is 375 g/mol. The van der Waals surface area contributed by atoms with Gasteiger partial charge in [-0.05, 0) is 36.6 Å². The van der Waals surface area contributed by atoms with Crippen LogP contribution in [0.15, 0.2) is 36.7 Å². The fraction of sp³-hybridized carbons (Fsp3) is 0.333. The molecule has 5 rings (SSSR count). The van der Waals surface area contributed by atoms with Crippen molar-refractivity contribution >= 4 is 11.7 Å². The summed E-state index contributed by atoms with van der Waals surface area (Å²) in [6.07, 6.45) is 8.39. The normalized spacial score (nSPS) is 16.8. The zero-order chi connectivity index (χ0) is 19.3. The van der Waals surface area contributed by atoms with E-state index in [4.69, 9.17) is 0 Å². The number of fused-ring (bicyclic) bond motifs is 1. The number of amides is 1. The van der Waals surface area contributed by atoms with Crippen molar-refractivity contribution in [2.24, 2.45) is 7.05 Å². The van der Waals surface area contributed by atoms with Crippen LogP contribution in [0.2, 0.25) is 0 Å². The summed E-state index contributed by atoms with van der Waals surface area (Å²) in [5.41, 5.74) is 3.88. The lowest BCUT2D eigenvalue weighted by Crippen LogP contribution is -2.36. The minimum Gasteiger partial charge on any atom is -0.507 e. The first kappa shape index (κ1) is 16.9. The third-order valence-electron chi connectivity index (χ3n) is 5.69. The molecule has 1 saturated carbocycles. The number of phenolic OH excluding ortho intramolecular Hbond substituents is 1. The van der Waals surface area contributed by atoms with Crippen molar-refractivity contribution in [3.8, 4) is 28.1 Å². The van der Waals surface area contributed by atoms with Crippen LogP contribution in [-0.2, 0) is 18.3 Å². The fourth-order valence-electron chi connectivity index (χ4n) is 4.29. The van der Waals surface area contributed by atoms with Gasteiger partial charge in [-0.3, -0.25) is 14.4 Å². The first-order valence-electron chi connectivity index (χ1n) is 9.61. The van der Waals surface area contributed by atoms with Crippen molar-refractivity contribution < 1.29 is 9.90 Å². The Balaban J connectivity index is 1.48. The zero-order valence-corrected chi connectivity index (χ0v) is 15.7. The average molecular weight is 375 g/mol. The molecule has 3 heterocycles. The van der Waals surface area contributed by atoms with Crippen molar-refractivity contribution in [2.45, 2.75) is 38.1 Å². The molecule has 0 radical (unpaired) electrons. The van der Waals surface area contributed by atoms with Gasteiger partial charge in [-0.2, -0.15) is 5.10 Å². The van der Waals surface area contributed by atoms with Gasteiger partial charge in [0.25, 0.3) is 0 Å². The summed E-state index contributed by atoms with van der Waals surface area (Å²) >= 11 is 0. The highest BCUT2D eigenvalue weighted by molar-refractivity contribution is 6.01. The van der Waals surface area contributed by atoms with E-state index in [-0.39, 0.29) is 17.7 Å². The molecule has 1 aromatic carbocycles. The Kier molecular flexibility index (Phi) is 3.89. The molecule has 2 aliphatic rings. The maximum atomic E-state index is 12.5. The van der Waals surface area contributed by atoms with Gasteiger partial charge in [-0.25, -0.2) is 0 Å². The number of carbonyl (C=O) groups excluding carboxylic acids is 1. The van der Waals surface area contributed by atoms with Gasteiger partial charge in [0.1, 0.15) is 5.75 Å². The molecular formula is C21H21N5O2. The standard InChI is InChI=1S/C21H21N5O2/c1-25-12-15(11-22-25)13-6-7-17(19(27)9-13)18-8-14-10-20(28)26(21(14)24-23-18)16-4-2-3-5-16/h6-9,11-12,16,27H,2-5,10H2,1H3. The minimum atomic E-state index is 0.101. The molecule has 1 amide bonds. The van der Waals surface area contributed by atoms with Crippen molar-refractivity contribution in [2.75, 3.05) is 4.90 Å². The lowest BCUT2D eigenvalue weighted by atomic mass is 10.0. The highest BCUT2D eigenvalue weighted by Crippen LogP contribution is 2.37. The topological polar surface area (TPSA) is 84.1 Å². The number of carbonyl (C=O) groups is 1. The van der Waals surface area contributed by atoms with Crippen molar-refractivity contribution in [1.29, 1.82) is 0 Å². The number of nitrogens with zero attached hydrogens (tertiary/aromatic N) is 5. The molecule has 0 atom stereocenters. The SMILES string of the molecule is Cn1cc(-c2ccc(-c3cc4c(nn3)N(C3CCCC3)C(=O)C4)c(O)c2)cn1. The van der Waals surface area contributed by atoms with Gasteiger partial charge in [0.05, 0.1) is 18.3 Å². The van der Waals surface area contributed by atoms with Gasteiger partial charge < -0.3 is 5.11 Å². The van der Waals surface area contributed by atoms with E-state index in [0.717, 1.165) is 42.4 Å². The third kappa shape index (κ3) is 2.74. The summed E-state index contributed by atoms with van der Waals surface area (Å²) in [6.45, 7) is 0. The van der Waals surface area contributed by atoms with Crippen LogP contribution < -0.4 is 4.90 Å². The van der Waals surface area contributed by atoms with Crippen molar-refractivity contribution in [3.05, 3.63) is 42.2 Å². The van der Waals surface area contributed by atoms with E-state index in [2.05, 4.69) is 15.3 Å². The van der Waals surface area contributed by atoms with Crippen molar-refractivity contribution in [3.63, 3.8) is 0 Å². The quantitative estimate of drug-likeness (QED) is 0.760. The third-order valence-corrected chi connectivity index (χ3v) is 5.69. The van der Waals surface area contributed by atoms with E-state index in [1.54, 1.807) is 16.9 Å². The molecule has 2 aromatic heterocycles. The Morgan fingerprint density at radius 3 is 2.64 bits per heavy atom. The number of aryl methyl sites for hydroxylation is 1. The molecular weight excluding hydrogens is 354 g/mol. The maximum absolute atomic E-state index is 12.5. The Bertz CT molecular complexity index is 1070. The van der Waals surface area contributed by atoms with Crippen molar-refractivity contribution in [1.82, 2.24) is 20.0 Å². The summed E-state index contributed by atoms with van der Waals surface area (Å²) in [7, 11) is 1.86. The van der Waals surface area contributed by atoms with Crippen LogP contribution in [0, 0.1) is 0 Å². The van der Waals surface area contributed by atoms with Crippen LogP contribution in [0.5, 0.6) is 5.75 Å². The van der Waals surface area contributed by atoms with Gasteiger partial charge in [0.15, 0.2) is 5.82 Å². The van der Waals surface area contributed by atoms with E-state index in [1.807, 2.05) is 36.3 Å². The van der Waals surface area contributed by atoms with E-state index >= 15 is 0 Å². The summed E-state index contributed by atoms with van der Waals surface area (Å²) < 4.78 is 1.72. The second-order valence-corrected chi connectivity index (χ2v) is 7.59. The van der Waals surface area contributed by atoms with E-state index in [9.17, 15) is 9.90 Å². The number of rotatable bonds is 3. The minimum absolute atomic E-state index is 0.101. The van der Waals surface area contributed by atoms with Gasteiger partial charge in [-0.15, -0.1) is 10.2 Å². The number of phenols is 1. The summed E-state index contributed by atoms with van der Waals surface area (Å²) in [5, 5.41) is 23.4. The Morgan fingerprint density at radius 2 is 1.93 bits per heavy atom. The predicted octanol–water partition coefficient (Wildman–Crippen LogP) is 3.08. The number of benzene rings is 1. The highest BCUT2D eigenvalue weighted by Gasteiger charge is 2.36. The molecule has 0 unspecified atom stereocenters. The van der Waals surface area contributed by atoms with Crippen LogP contribution in [0.1, 0.15) is 31.2 Å². The summed E-state index contributed by atoms with van der Waals surface area (Å²) in [4.78, 5) is 14.4. The van der Waals surface area contributed by atoms with Crippen LogP contribution >= 0.6 is 0 Å². The first-order valence-corrected chi connectivity index (χ1v) is 9.61. The van der Waals surface area contributed by atoms with E-state index < -0.39 is 0 Å². The van der Waals surface area contributed by atoms with E-state index in [0.29, 0.717) is 23.5 Å². The van der Waals surface area contributed by atoms with Crippen LogP contribution in [0.4, 0.5) is 5.82 Å². The lowest BCUT2D eigenvalue weighted by molar-refractivity contribution is -0.117. The first-order chi connectivity index (χ1) is 13.6. The van der Waals surface area contributed by atoms with Gasteiger partial charge in [-0.1, -0.05) is 18.9 Å². The average Bonchev–Trinajstić information content (AvgIpc) is 3.40. The molecule has 0 spiro atoms. The number of hydrogen-bond acceptors (Lipinski definition) is 5. The largest absolute Gasteiger partial charge is 0.507 e. The Labute approximate surface area is 162 Å². The smallest absolute Gasteiger partial charge is 0.233 e. The molecule has 1 fully saturated rings. The number of aromatic nitrogens is 4. The number of aromatic hydroxyl groups is 1. The fourth-order valence-corrected chi connectivity index (χ4v) is 4.29. The molecule has 142 valence electrons. The summed E-state index contributed by atoms with van der Waals surface area (Å²) in [6, 6.07) is 7.60. The molecule has 28 heavy (non-hydrogen) atoms. The Hall–Kier alpha value is -3.22. The van der Waals surface area contributed by atoms with Crippen LogP contribution in [-0.4, -0.2) is 37.0 Å². The molecule has 0 bridgehead atoms. The second-order valence-electron chi connectivity index (χ2n) is 7.59. The molecule has 3 aromatic rings. The van der Waals surface area contributed by atoms with Crippen LogP contribution in [0.3, 0.4) is 0 Å². The molecule has 1 aliphatic carbocycles. The summed E-state index contributed by atoms with van der Waals surface area (Å²) in [5.74, 6) is 0.921. The van der Waals surface area contributed by atoms with Gasteiger partial charge in [0, 0.05) is 36.0 Å². The van der Waals surface area contributed by atoms with E-state index in [1.165, 1.54) is 0 Å². The van der Waals surface area contributed by atoms with Gasteiger partial charge >= 0.3 is 0 Å². The lowest BCUT2D eigenvalue weighted by Gasteiger charge is -2.23. The molecule has 1 N–H and O–H groups in total. The number of anilines is 1. The number of hydrogen-bond donors (Lipinski definition) is 1. The predicted molar refractivity (Wildman–Crippen MR) is 105 cm³/mol. The second kappa shape index (κ2) is 6.44. The molecule has 0 saturated heterocycles. The van der Waals surface area contributed by atoms with Gasteiger partial charge in [0.2, 0.25) is 5.91 Å².